The van der Waals surface area contributed by atoms with Crippen LogP contribution in [0.4, 0.5) is 5.82 Å². The maximum atomic E-state index is 12.2. The molecule has 1 aliphatic rings. The van der Waals surface area contributed by atoms with E-state index < -0.39 is 0 Å². The van der Waals surface area contributed by atoms with Crippen molar-refractivity contribution in [1.82, 2.24) is 19.9 Å². The first kappa shape index (κ1) is 15.1. The molecule has 0 radical (unpaired) electrons. The van der Waals surface area contributed by atoms with Crippen molar-refractivity contribution in [3.63, 3.8) is 0 Å². The van der Waals surface area contributed by atoms with Gasteiger partial charge in [-0.15, -0.1) is 10.2 Å². The lowest BCUT2D eigenvalue weighted by atomic mass is 10.2. The highest BCUT2D eigenvalue weighted by atomic mass is 32.2. The van der Waals surface area contributed by atoms with E-state index in [2.05, 4.69) is 25.2 Å². The molecule has 1 N–H and O–H groups in total. The van der Waals surface area contributed by atoms with Gasteiger partial charge in [0.05, 0.1) is 5.25 Å². The van der Waals surface area contributed by atoms with Crippen molar-refractivity contribution >= 4 is 23.5 Å². The molecule has 0 saturated carbocycles. The quantitative estimate of drug-likeness (QED) is 0.870. The molecule has 0 bridgehead atoms. The highest BCUT2D eigenvalue weighted by Crippen LogP contribution is 2.25. The molecule has 1 atom stereocenters. The zero-order valence-electron chi connectivity index (χ0n) is 12.7. The zero-order valence-corrected chi connectivity index (χ0v) is 13.5. The largest absolute Gasteiger partial charge is 0.360 e. The Kier molecular flexibility index (Phi) is 4.47. The van der Waals surface area contributed by atoms with Gasteiger partial charge in [0.15, 0.2) is 11.0 Å². The van der Waals surface area contributed by atoms with Crippen LogP contribution in [0.3, 0.4) is 0 Å². The summed E-state index contributed by atoms with van der Waals surface area (Å²) >= 11 is 1.43. The lowest BCUT2D eigenvalue weighted by Gasteiger charge is -2.11. The van der Waals surface area contributed by atoms with Crippen molar-refractivity contribution in [1.29, 1.82) is 0 Å². The Bertz CT molecular complexity index is 666. The van der Waals surface area contributed by atoms with E-state index in [0.29, 0.717) is 11.6 Å². The molecule has 1 aliphatic heterocycles. The summed E-state index contributed by atoms with van der Waals surface area (Å²) < 4.78 is 7.08. The summed E-state index contributed by atoms with van der Waals surface area (Å²) in [7, 11) is 0. The summed E-state index contributed by atoms with van der Waals surface area (Å²) in [5, 5.41) is 15.5. The minimum atomic E-state index is -0.284. The first-order chi connectivity index (χ1) is 10.6. The van der Waals surface area contributed by atoms with E-state index in [0.717, 1.165) is 36.8 Å². The van der Waals surface area contributed by atoms with Crippen molar-refractivity contribution in [2.24, 2.45) is 0 Å². The average Bonchev–Trinajstić information content (AvgIpc) is 2.98. The number of thioether (sulfide) groups is 1. The molecule has 22 heavy (non-hydrogen) atoms. The molecular weight excluding hydrogens is 302 g/mol. The van der Waals surface area contributed by atoms with Crippen LogP contribution in [0.1, 0.15) is 37.8 Å². The molecular formula is C14H19N5O2S. The zero-order chi connectivity index (χ0) is 15.5. The SMILES string of the molecule is Cc1cc(NC(=O)[C@@H](C)Sc2nnc3n2CCCCC3)no1. The summed E-state index contributed by atoms with van der Waals surface area (Å²) in [6, 6.07) is 1.69. The van der Waals surface area contributed by atoms with Crippen molar-refractivity contribution in [2.75, 3.05) is 5.32 Å². The van der Waals surface area contributed by atoms with Crippen molar-refractivity contribution in [3.8, 4) is 0 Å². The summed E-state index contributed by atoms with van der Waals surface area (Å²) in [6.45, 7) is 4.57. The standard InChI is InChI=1S/C14H19N5O2S/c1-9-8-11(18-21-9)15-13(20)10(2)22-14-17-16-12-6-4-3-5-7-19(12)14/h8,10H,3-7H2,1-2H3,(H,15,18,20)/t10-/m1/s1. The van der Waals surface area contributed by atoms with Gasteiger partial charge in [-0.25, -0.2) is 0 Å². The van der Waals surface area contributed by atoms with E-state index in [-0.39, 0.29) is 11.2 Å². The smallest absolute Gasteiger partial charge is 0.238 e. The molecule has 118 valence electrons. The van der Waals surface area contributed by atoms with Gasteiger partial charge in [0, 0.05) is 19.0 Å². The number of hydrogen-bond donors (Lipinski definition) is 1. The second-order valence-electron chi connectivity index (χ2n) is 5.43. The van der Waals surface area contributed by atoms with Gasteiger partial charge in [-0.1, -0.05) is 23.3 Å². The van der Waals surface area contributed by atoms with Crippen LogP contribution in [0.5, 0.6) is 0 Å². The first-order valence-electron chi connectivity index (χ1n) is 7.46. The fraction of sp³-hybridized carbons (Fsp3) is 0.571. The predicted octanol–water partition coefficient (Wildman–Crippen LogP) is 2.42. The highest BCUT2D eigenvalue weighted by molar-refractivity contribution is 8.00. The Balaban J connectivity index is 1.65. The van der Waals surface area contributed by atoms with Crippen molar-refractivity contribution in [3.05, 3.63) is 17.7 Å². The van der Waals surface area contributed by atoms with E-state index >= 15 is 0 Å². The van der Waals surface area contributed by atoms with E-state index in [1.54, 1.807) is 13.0 Å². The molecule has 3 rings (SSSR count). The Labute approximate surface area is 132 Å². The molecule has 3 heterocycles. The average molecular weight is 321 g/mol. The Hall–Kier alpha value is -1.83. The molecule has 7 nitrogen and oxygen atoms in total. The fourth-order valence-corrected chi connectivity index (χ4v) is 3.30. The van der Waals surface area contributed by atoms with Gasteiger partial charge in [-0.3, -0.25) is 4.79 Å². The van der Waals surface area contributed by atoms with Crippen LogP contribution in [0.25, 0.3) is 0 Å². The monoisotopic (exact) mass is 321 g/mol. The van der Waals surface area contributed by atoms with E-state index in [1.807, 2.05) is 6.92 Å². The number of rotatable bonds is 4. The maximum Gasteiger partial charge on any atom is 0.238 e. The third-order valence-corrected chi connectivity index (χ3v) is 4.69. The molecule has 0 saturated heterocycles. The second-order valence-corrected chi connectivity index (χ2v) is 6.74. The maximum absolute atomic E-state index is 12.2. The topological polar surface area (TPSA) is 85.8 Å². The van der Waals surface area contributed by atoms with E-state index in [1.165, 1.54) is 18.2 Å². The number of anilines is 1. The van der Waals surface area contributed by atoms with Crippen molar-refractivity contribution in [2.45, 2.75) is 56.5 Å². The molecule has 0 fully saturated rings. The number of hydrogen-bond acceptors (Lipinski definition) is 6. The molecule has 0 aliphatic carbocycles. The highest BCUT2D eigenvalue weighted by Gasteiger charge is 2.21. The van der Waals surface area contributed by atoms with E-state index in [4.69, 9.17) is 4.52 Å². The number of aryl methyl sites for hydroxylation is 2. The number of aromatic nitrogens is 4. The summed E-state index contributed by atoms with van der Waals surface area (Å²) in [4.78, 5) is 12.2. The summed E-state index contributed by atoms with van der Waals surface area (Å²) in [6.07, 6.45) is 4.48. The molecule has 8 heteroatoms. The molecule has 1 amide bonds. The van der Waals surface area contributed by atoms with Gasteiger partial charge in [0.2, 0.25) is 5.91 Å². The third kappa shape index (κ3) is 3.32. The Morgan fingerprint density at radius 1 is 1.41 bits per heavy atom. The molecule has 2 aromatic heterocycles. The van der Waals surface area contributed by atoms with Crippen LogP contribution in [0.2, 0.25) is 0 Å². The van der Waals surface area contributed by atoms with Gasteiger partial charge in [-0.05, 0) is 26.7 Å². The first-order valence-corrected chi connectivity index (χ1v) is 8.34. The van der Waals surface area contributed by atoms with Crippen LogP contribution >= 0.6 is 11.8 Å². The fourth-order valence-electron chi connectivity index (χ4n) is 2.41. The second kappa shape index (κ2) is 6.51. The summed E-state index contributed by atoms with van der Waals surface area (Å²) in [5.74, 6) is 2.01. The number of carbonyl (C=O) groups excluding carboxylic acids is 1. The van der Waals surface area contributed by atoms with Gasteiger partial charge < -0.3 is 14.4 Å². The number of amides is 1. The van der Waals surface area contributed by atoms with Crippen LogP contribution in [0, 0.1) is 6.92 Å². The number of nitrogens with zero attached hydrogens (tertiary/aromatic N) is 4. The van der Waals surface area contributed by atoms with E-state index in [9.17, 15) is 4.79 Å². The van der Waals surface area contributed by atoms with Gasteiger partial charge >= 0.3 is 0 Å². The molecule has 2 aromatic rings. The van der Waals surface area contributed by atoms with Gasteiger partial charge in [0.1, 0.15) is 11.6 Å². The minimum absolute atomic E-state index is 0.121. The number of nitrogens with one attached hydrogen (secondary N) is 1. The number of fused-ring (bicyclic) bond motifs is 1. The van der Waals surface area contributed by atoms with Crippen molar-refractivity contribution < 1.29 is 9.32 Å². The molecule has 0 aromatic carbocycles. The van der Waals surface area contributed by atoms with Gasteiger partial charge in [0.25, 0.3) is 0 Å². The van der Waals surface area contributed by atoms with Crippen LogP contribution in [0.15, 0.2) is 15.7 Å². The van der Waals surface area contributed by atoms with Gasteiger partial charge in [-0.2, -0.15) is 0 Å². The minimum Gasteiger partial charge on any atom is -0.360 e. The van der Waals surface area contributed by atoms with Crippen LogP contribution < -0.4 is 5.32 Å². The van der Waals surface area contributed by atoms with Crippen LogP contribution in [-0.4, -0.2) is 31.1 Å². The summed E-state index contributed by atoms with van der Waals surface area (Å²) in [5.41, 5.74) is 0. The molecule has 0 unspecified atom stereocenters. The molecule has 0 spiro atoms. The van der Waals surface area contributed by atoms with Crippen LogP contribution in [-0.2, 0) is 17.8 Å². The normalized spacial score (nSPS) is 15.9. The predicted molar refractivity (Wildman–Crippen MR) is 82.8 cm³/mol. The lowest BCUT2D eigenvalue weighted by Crippen LogP contribution is -2.23. The Morgan fingerprint density at radius 3 is 3.05 bits per heavy atom. The Morgan fingerprint density at radius 2 is 2.27 bits per heavy atom. The third-order valence-electron chi connectivity index (χ3n) is 3.61. The lowest BCUT2D eigenvalue weighted by molar-refractivity contribution is -0.115. The number of carbonyl (C=O) groups is 1.